The van der Waals surface area contributed by atoms with Gasteiger partial charge >= 0.3 is 0 Å². The number of hydrogen-bond donors (Lipinski definition) is 2. The maximum absolute atomic E-state index is 12.5. The summed E-state index contributed by atoms with van der Waals surface area (Å²) in [5, 5.41) is 10.7. The van der Waals surface area contributed by atoms with E-state index in [-0.39, 0.29) is 11.9 Å². The Kier molecular flexibility index (Phi) is 5.32. The number of piperidine rings is 1. The number of furan rings is 1. The van der Waals surface area contributed by atoms with Crippen LogP contribution >= 0.6 is 0 Å². The van der Waals surface area contributed by atoms with Gasteiger partial charge in [0.05, 0.1) is 12.6 Å². The molecule has 0 radical (unpaired) electrons. The van der Waals surface area contributed by atoms with Crippen molar-refractivity contribution >= 4 is 5.91 Å². The van der Waals surface area contributed by atoms with Gasteiger partial charge in [0.2, 0.25) is 0 Å². The predicted molar refractivity (Wildman–Crippen MR) is 88.9 cm³/mol. The SMILES string of the molecule is COCC(NC(=O)c1ccn(C2CCCNC2)n1)c1ccc(C)o1. The molecule has 7 nitrogen and oxygen atoms in total. The molecule has 0 bridgehead atoms. The summed E-state index contributed by atoms with van der Waals surface area (Å²) in [7, 11) is 1.60. The monoisotopic (exact) mass is 332 g/mol. The molecule has 1 fully saturated rings. The fourth-order valence-electron chi connectivity index (χ4n) is 2.96. The third-order valence-electron chi connectivity index (χ3n) is 4.23. The van der Waals surface area contributed by atoms with Crippen LogP contribution in [-0.4, -0.2) is 42.5 Å². The summed E-state index contributed by atoms with van der Waals surface area (Å²) >= 11 is 0. The first-order valence-electron chi connectivity index (χ1n) is 8.29. The zero-order chi connectivity index (χ0) is 16.9. The highest BCUT2D eigenvalue weighted by Crippen LogP contribution is 2.18. The fourth-order valence-corrected chi connectivity index (χ4v) is 2.96. The van der Waals surface area contributed by atoms with E-state index in [9.17, 15) is 4.79 Å². The maximum atomic E-state index is 12.5. The Hall–Kier alpha value is -2.12. The predicted octanol–water partition coefficient (Wildman–Crippen LogP) is 1.83. The molecule has 2 aromatic heterocycles. The smallest absolute Gasteiger partial charge is 0.272 e. The molecule has 0 saturated carbocycles. The quantitative estimate of drug-likeness (QED) is 0.843. The number of aryl methyl sites for hydroxylation is 1. The lowest BCUT2D eigenvalue weighted by Crippen LogP contribution is -2.33. The second kappa shape index (κ2) is 7.63. The molecule has 2 unspecified atom stereocenters. The van der Waals surface area contributed by atoms with Crippen LogP contribution in [0.4, 0.5) is 0 Å². The van der Waals surface area contributed by atoms with E-state index in [2.05, 4.69) is 15.7 Å². The molecule has 0 aromatic carbocycles. The van der Waals surface area contributed by atoms with Gasteiger partial charge in [0.1, 0.15) is 23.3 Å². The summed E-state index contributed by atoms with van der Waals surface area (Å²) in [6, 6.07) is 5.45. The molecule has 1 saturated heterocycles. The average molecular weight is 332 g/mol. The first-order chi connectivity index (χ1) is 11.7. The molecule has 2 aromatic rings. The van der Waals surface area contributed by atoms with Gasteiger partial charge in [-0.05, 0) is 44.5 Å². The van der Waals surface area contributed by atoms with Crippen LogP contribution in [0.15, 0.2) is 28.8 Å². The first kappa shape index (κ1) is 16.7. The molecule has 0 spiro atoms. The molecule has 2 N–H and O–H groups in total. The summed E-state index contributed by atoms with van der Waals surface area (Å²) < 4.78 is 12.7. The molecule has 2 atom stereocenters. The maximum Gasteiger partial charge on any atom is 0.272 e. The van der Waals surface area contributed by atoms with Gasteiger partial charge < -0.3 is 19.8 Å². The Morgan fingerprint density at radius 2 is 2.42 bits per heavy atom. The van der Waals surface area contributed by atoms with Crippen molar-refractivity contribution in [1.29, 1.82) is 0 Å². The van der Waals surface area contributed by atoms with E-state index in [1.807, 2.05) is 29.9 Å². The Morgan fingerprint density at radius 1 is 1.54 bits per heavy atom. The lowest BCUT2D eigenvalue weighted by molar-refractivity contribution is 0.0876. The number of carbonyl (C=O) groups excluding carboxylic acids is 1. The van der Waals surface area contributed by atoms with Crippen molar-refractivity contribution in [3.8, 4) is 0 Å². The van der Waals surface area contributed by atoms with Crippen molar-refractivity contribution < 1.29 is 13.9 Å². The third kappa shape index (κ3) is 3.85. The van der Waals surface area contributed by atoms with Gasteiger partial charge in [0, 0.05) is 19.9 Å². The fraction of sp³-hybridized carbons (Fsp3) is 0.529. The van der Waals surface area contributed by atoms with Crippen molar-refractivity contribution in [1.82, 2.24) is 20.4 Å². The standard InChI is InChI=1S/C17H24N4O3/c1-12-5-6-16(24-12)15(11-23-2)19-17(22)14-7-9-21(20-14)13-4-3-8-18-10-13/h5-7,9,13,15,18H,3-4,8,10-11H2,1-2H3,(H,19,22). The van der Waals surface area contributed by atoms with Crippen LogP contribution in [0, 0.1) is 6.92 Å². The number of hydrogen-bond acceptors (Lipinski definition) is 5. The van der Waals surface area contributed by atoms with E-state index in [4.69, 9.17) is 9.15 Å². The van der Waals surface area contributed by atoms with Crippen molar-refractivity contribution in [2.45, 2.75) is 31.8 Å². The number of aromatic nitrogens is 2. The number of methoxy groups -OCH3 is 1. The topological polar surface area (TPSA) is 81.3 Å². The van der Waals surface area contributed by atoms with Crippen LogP contribution in [0.1, 0.15) is 46.9 Å². The molecule has 3 heterocycles. The second-order valence-electron chi connectivity index (χ2n) is 6.11. The van der Waals surface area contributed by atoms with Crippen LogP contribution in [0.25, 0.3) is 0 Å². The summed E-state index contributed by atoms with van der Waals surface area (Å²) in [4.78, 5) is 12.5. The normalized spacial score (nSPS) is 19.2. The summed E-state index contributed by atoms with van der Waals surface area (Å²) in [5.41, 5.74) is 0.407. The van der Waals surface area contributed by atoms with Gasteiger partial charge in [-0.2, -0.15) is 5.10 Å². The number of amides is 1. The lowest BCUT2D eigenvalue weighted by atomic mass is 10.1. The van der Waals surface area contributed by atoms with Crippen LogP contribution in [0.3, 0.4) is 0 Å². The van der Waals surface area contributed by atoms with Crippen molar-refractivity contribution in [3.05, 3.63) is 41.6 Å². The number of rotatable bonds is 6. The lowest BCUT2D eigenvalue weighted by Gasteiger charge is -2.22. The third-order valence-corrected chi connectivity index (χ3v) is 4.23. The van der Waals surface area contributed by atoms with Gasteiger partial charge in [-0.15, -0.1) is 0 Å². The van der Waals surface area contributed by atoms with E-state index >= 15 is 0 Å². The average Bonchev–Trinajstić information content (AvgIpc) is 3.24. The Bertz CT molecular complexity index is 673. The van der Waals surface area contributed by atoms with Crippen LogP contribution in [0.2, 0.25) is 0 Å². The Balaban J connectivity index is 1.67. The van der Waals surface area contributed by atoms with Crippen LogP contribution < -0.4 is 10.6 Å². The zero-order valence-corrected chi connectivity index (χ0v) is 14.1. The van der Waals surface area contributed by atoms with Crippen LogP contribution in [0.5, 0.6) is 0 Å². The zero-order valence-electron chi connectivity index (χ0n) is 14.1. The van der Waals surface area contributed by atoms with Gasteiger partial charge in [-0.3, -0.25) is 9.48 Å². The Morgan fingerprint density at radius 3 is 3.08 bits per heavy atom. The van der Waals surface area contributed by atoms with E-state index in [1.165, 1.54) is 0 Å². The number of carbonyl (C=O) groups is 1. The molecule has 1 aliphatic rings. The molecular formula is C17H24N4O3. The van der Waals surface area contributed by atoms with Crippen molar-refractivity contribution in [2.75, 3.05) is 26.8 Å². The van der Waals surface area contributed by atoms with E-state index in [0.29, 0.717) is 24.1 Å². The minimum Gasteiger partial charge on any atom is -0.464 e. The van der Waals surface area contributed by atoms with E-state index in [0.717, 1.165) is 31.7 Å². The largest absolute Gasteiger partial charge is 0.464 e. The van der Waals surface area contributed by atoms with Gasteiger partial charge in [0.15, 0.2) is 0 Å². The Labute approximate surface area is 141 Å². The summed E-state index contributed by atoms with van der Waals surface area (Å²) in [6.07, 6.45) is 4.07. The van der Waals surface area contributed by atoms with E-state index in [1.54, 1.807) is 13.2 Å². The van der Waals surface area contributed by atoms with Gasteiger partial charge in [0.25, 0.3) is 5.91 Å². The molecule has 0 aliphatic carbocycles. The highest BCUT2D eigenvalue weighted by atomic mass is 16.5. The van der Waals surface area contributed by atoms with Gasteiger partial charge in [-0.1, -0.05) is 0 Å². The molecule has 1 aliphatic heterocycles. The summed E-state index contributed by atoms with van der Waals surface area (Å²) in [6.45, 7) is 4.15. The minimum absolute atomic E-state index is 0.228. The van der Waals surface area contributed by atoms with Gasteiger partial charge in [-0.25, -0.2) is 0 Å². The van der Waals surface area contributed by atoms with Crippen LogP contribution in [-0.2, 0) is 4.74 Å². The van der Waals surface area contributed by atoms with E-state index < -0.39 is 0 Å². The molecule has 130 valence electrons. The molecule has 1 amide bonds. The summed E-state index contributed by atoms with van der Waals surface area (Å²) in [5.74, 6) is 1.25. The molecule has 3 rings (SSSR count). The number of nitrogens with zero attached hydrogens (tertiary/aromatic N) is 2. The number of nitrogens with one attached hydrogen (secondary N) is 2. The molecule has 7 heteroatoms. The molecular weight excluding hydrogens is 308 g/mol. The number of ether oxygens (including phenoxy) is 1. The van der Waals surface area contributed by atoms with Crippen molar-refractivity contribution in [2.24, 2.45) is 0 Å². The highest BCUT2D eigenvalue weighted by molar-refractivity contribution is 5.92. The second-order valence-corrected chi connectivity index (χ2v) is 6.11. The molecule has 24 heavy (non-hydrogen) atoms. The first-order valence-corrected chi connectivity index (χ1v) is 8.29. The van der Waals surface area contributed by atoms with Crippen molar-refractivity contribution in [3.63, 3.8) is 0 Å². The highest BCUT2D eigenvalue weighted by Gasteiger charge is 2.22. The minimum atomic E-state index is -0.335.